The van der Waals surface area contributed by atoms with Crippen molar-refractivity contribution in [1.82, 2.24) is 10.3 Å². The van der Waals surface area contributed by atoms with E-state index in [0.29, 0.717) is 5.56 Å². The van der Waals surface area contributed by atoms with Gasteiger partial charge in [0, 0.05) is 12.7 Å². The summed E-state index contributed by atoms with van der Waals surface area (Å²) in [4.78, 5) is 25.6. The predicted molar refractivity (Wildman–Crippen MR) is 70.8 cm³/mol. The molecule has 5 heteroatoms. The number of aromatic amines is 1. The van der Waals surface area contributed by atoms with Gasteiger partial charge in [-0.3, -0.25) is 9.59 Å². The molecule has 1 heterocycles. The van der Waals surface area contributed by atoms with E-state index in [-0.39, 0.29) is 12.1 Å². The number of aromatic nitrogens is 1. The number of pyridine rings is 1. The van der Waals surface area contributed by atoms with Gasteiger partial charge in [0.2, 0.25) is 0 Å². The van der Waals surface area contributed by atoms with Gasteiger partial charge < -0.3 is 15.4 Å². The number of hydrogen-bond acceptors (Lipinski definition) is 3. The minimum absolute atomic E-state index is 0.0303. The van der Waals surface area contributed by atoms with E-state index in [1.807, 2.05) is 18.2 Å². The summed E-state index contributed by atoms with van der Waals surface area (Å²) in [6.07, 6.45) is 0.658. The summed E-state index contributed by atoms with van der Waals surface area (Å²) in [7, 11) is 0. The lowest BCUT2D eigenvalue weighted by atomic mass is 10.1. The van der Waals surface area contributed by atoms with Gasteiger partial charge in [-0.05, 0) is 17.7 Å². The van der Waals surface area contributed by atoms with E-state index in [2.05, 4.69) is 10.3 Å². The highest BCUT2D eigenvalue weighted by molar-refractivity contribution is 5.93. The van der Waals surface area contributed by atoms with Gasteiger partial charge in [-0.2, -0.15) is 0 Å². The molecule has 1 amide bonds. The second-order valence-electron chi connectivity index (χ2n) is 4.05. The zero-order chi connectivity index (χ0) is 13.7. The topological polar surface area (TPSA) is 82.2 Å². The van der Waals surface area contributed by atoms with Crippen LogP contribution >= 0.6 is 0 Å². The number of rotatable bonds is 4. The van der Waals surface area contributed by atoms with Gasteiger partial charge in [-0.1, -0.05) is 30.3 Å². The third-order valence-corrected chi connectivity index (χ3v) is 2.70. The third kappa shape index (κ3) is 3.29. The largest absolute Gasteiger partial charge is 0.387 e. The monoisotopic (exact) mass is 258 g/mol. The number of amides is 1. The minimum atomic E-state index is -0.798. The Bertz CT molecular complexity index is 607. The van der Waals surface area contributed by atoms with Crippen LogP contribution in [0.25, 0.3) is 0 Å². The van der Waals surface area contributed by atoms with E-state index in [1.165, 1.54) is 12.3 Å². The van der Waals surface area contributed by atoms with Crippen molar-refractivity contribution >= 4 is 5.91 Å². The number of aliphatic hydroxyl groups is 1. The van der Waals surface area contributed by atoms with Crippen molar-refractivity contribution in [3.05, 3.63) is 70.1 Å². The Labute approximate surface area is 109 Å². The van der Waals surface area contributed by atoms with Crippen molar-refractivity contribution in [1.29, 1.82) is 0 Å². The van der Waals surface area contributed by atoms with Gasteiger partial charge in [0.1, 0.15) is 5.56 Å². The lowest BCUT2D eigenvalue weighted by Crippen LogP contribution is -2.32. The van der Waals surface area contributed by atoms with E-state index < -0.39 is 17.6 Å². The lowest BCUT2D eigenvalue weighted by molar-refractivity contribution is 0.0915. The molecule has 2 rings (SSSR count). The first kappa shape index (κ1) is 13.0. The van der Waals surface area contributed by atoms with Crippen LogP contribution in [-0.2, 0) is 0 Å². The molecule has 0 aliphatic carbocycles. The van der Waals surface area contributed by atoms with E-state index in [0.717, 1.165) is 0 Å². The molecular formula is C14H14N2O3. The molecule has 19 heavy (non-hydrogen) atoms. The molecule has 0 radical (unpaired) electrons. The molecule has 0 aliphatic heterocycles. The van der Waals surface area contributed by atoms with Crippen molar-refractivity contribution in [2.75, 3.05) is 6.54 Å². The smallest absolute Gasteiger partial charge is 0.260 e. The van der Waals surface area contributed by atoms with Crippen molar-refractivity contribution < 1.29 is 9.90 Å². The van der Waals surface area contributed by atoms with Crippen molar-refractivity contribution in [2.45, 2.75) is 6.10 Å². The number of nitrogens with one attached hydrogen (secondary N) is 2. The van der Waals surface area contributed by atoms with Crippen LogP contribution in [0, 0.1) is 0 Å². The van der Waals surface area contributed by atoms with E-state index in [4.69, 9.17) is 0 Å². The zero-order valence-electron chi connectivity index (χ0n) is 10.2. The second kappa shape index (κ2) is 5.97. The number of carbonyl (C=O) groups is 1. The Kier molecular flexibility index (Phi) is 4.10. The van der Waals surface area contributed by atoms with E-state index >= 15 is 0 Å². The molecule has 98 valence electrons. The second-order valence-corrected chi connectivity index (χ2v) is 4.05. The summed E-state index contributed by atoms with van der Waals surface area (Å²) in [5.74, 6) is -0.503. The first-order valence-electron chi connectivity index (χ1n) is 5.87. The van der Waals surface area contributed by atoms with Gasteiger partial charge in [0.05, 0.1) is 6.10 Å². The molecule has 0 aliphatic rings. The van der Waals surface area contributed by atoms with Gasteiger partial charge in [-0.15, -0.1) is 0 Å². The number of hydrogen-bond donors (Lipinski definition) is 3. The molecule has 0 bridgehead atoms. The van der Waals surface area contributed by atoms with Crippen LogP contribution in [0.3, 0.4) is 0 Å². The van der Waals surface area contributed by atoms with Gasteiger partial charge >= 0.3 is 0 Å². The van der Waals surface area contributed by atoms with Crippen molar-refractivity contribution in [2.24, 2.45) is 0 Å². The standard InChI is InChI=1S/C14H14N2O3/c17-12(10-5-2-1-3-6-10)9-16-14(19)11-7-4-8-15-13(11)18/h1-8,12,17H,9H2,(H,15,18)(H,16,19)/t12-/m1/s1. The third-order valence-electron chi connectivity index (χ3n) is 2.70. The molecule has 5 nitrogen and oxygen atoms in total. The summed E-state index contributed by atoms with van der Waals surface area (Å²) in [5, 5.41) is 12.4. The first-order valence-corrected chi connectivity index (χ1v) is 5.87. The zero-order valence-corrected chi connectivity index (χ0v) is 10.2. The number of carbonyl (C=O) groups excluding carboxylic acids is 1. The number of aliphatic hydroxyl groups excluding tert-OH is 1. The SMILES string of the molecule is O=C(NC[C@@H](O)c1ccccc1)c1ccc[nH]c1=O. The minimum Gasteiger partial charge on any atom is -0.387 e. The Balaban J connectivity index is 1.98. The highest BCUT2D eigenvalue weighted by Gasteiger charge is 2.12. The van der Waals surface area contributed by atoms with Crippen LogP contribution in [0.1, 0.15) is 22.0 Å². The van der Waals surface area contributed by atoms with Crippen molar-refractivity contribution in [3.8, 4) is 0 Å². The summed E-state index contributed by atoms with van der Waals surface area (Å²) >= 11 is 0. The fraction of sp³-hybridized carbons (Fsp3) is 0.143. The van der Waals surface area contributed by atoms with Crippen LogP contribution in [0.5, 0.6) is 0 Å². The van der Waals surface area contributed by atoms with Crippen molar-refractivity contribution in [3.63, 3.8) is 0 Å². The average Bonchev–Trinajstić information content (AvgIpc) is 2.46. The molecule has 0 saturated heterocycles. The van der Waals surface area contributed by atoms with Gasteiger partial charge in [0.25, 0.3) is 11.5 Å². The van der Waals surface area contributed by atoms with Gasteiger partial charge in [0.15, 0.2) is 0 Å². The fourth-order valence-electron chi connectivity index (χ4n) is 1.68. The van der Waals surface area contributed by atoms with Gasteiger partial charge in [-0.25, -0.2) is 0 Å². The van der Waals surface area contributed by atoms with Crippen LogP contribution in [0.15, 0.2) is 53.5 Å². The van der Waals surface area contributed by atoms with E-state index in [9.17, 15) is 14.7 Å². The summed E-state index contributed by atoms with van der Waals surface area (Å²) in [6.45, 7) is 0.0528. The predicted octanol–water partition coefficient (Wildman–Crippen LogP) is 0.838. The molecule has 0 fully saturated rings. The number of H-pyrrole nitrogens is 1. The molecule has 3 N–H and O–H groups in total. The lowest BCUT2D eigenvalue weighted by Gasteiger charge is -2.11. The molecule has 2 aromatic rings. The Morgan fingerprint density at radius 2 is 1.95 bits per heavy atom. The van der Waals surface area contributed by atoms with E-state index in [1.54, 1.807) is 18.2 Å². The molecule has 1 aromatic heterocycles. The Morgan fingerprint density at radius 3 is 2.63 bits per heavy atom. The molecule has 0 unspecified atom stereocenters. The fourth-order valence-corrected chi connectivity index (χ4v) is 1.68. The molecule has 0 saturated carbocycles. The summed E-state index contributed by atoms with van der Waals surface area (Å²) in [5.41, 5.74) is 0.293. The molecule has 0 spiro atoms. The molecular weight excluding hydrogens is 244 g/mol. The molecule has 1 atom stereocenters. The van der Waals surface area contributed by atoms with Crippen LogP contribution in [0.4, 0.5) is 0 Å². The Morgan fingerprint density at radius 1 is 1.21 bits per heavy atom. The quantitative estimate of drug-likeness (QED) is 0.760. The maximum atomic E-state index is 11.8. The summed E-state index contributed by atoms with van der Waals surface area (Å²) in [6, 6.07) is 12.0. The Hall–Kier alpha value is -2.40. The average molecular weight is 258 g/mol. The highest BCUT2D eigenvalue weighted by atomic mass is 16.3. The summed E-state index contributed by atoms with van der Waals surface area (Å²) < 4.78 is 0. The van der Waals surface area contributed by atoms with Crippen LogP contribution in [0.2, 0.25) is 0 Å². The number of benzene rings is 1. The van der Waals surface area contributed by atoms with Crippen LogP contribution in [-0.4, -0.2) is 22.5 Å². The maximum absolute atomic E-state index is 11.8. The highest BCUT2D eigenvalue weighted by Crippen LogP contribution is 2.10. The maximum Gasteiger partial charge on any atom is 0.260 e. The first-order chi connectivity index (χ1) is 9.18. The van der Waals surface area contributed by atoms with Crippen LogP contribution < -0.4 is 10.9 Å². The normalized spacial score (nSPS) is 11.8. The molecule has 1 aromatic carbocycles.